The minimum atomic E-state index is -0.249. The molecule has 0 aliphatic heterocycles. The van der Waals surface area contributed by atoms with Gasteiger partial charge in [0.15, 0.2) is 22.1 Å². The first-order valence-corrected chi connectivity index (χ1v) is 22.0. The normalized spacial score (nSPS) is 11.3. The Balaban J connectivity index is 0.700. The summed E-state index contributed by atoms with van der Waals surface area (Å²) in [4.78, 5) is 55.6. The van der Waals surface area contributed by atoms with Crippen molar-refractivity contribution in [1.82, 2.24) is 35.1 Å². The van der Waals surface area contributed by atoms with E-state index < -0.39 is 0 Å². The van der Waals surface area contributed by atoms with Crippen molar-refractivity contribution in [2.24, 2.45) is 0 Å². The van der Waals surface area contributed by atoms with Crippen molar-refractivity contribution in [3.8, 4) is 12.0 Å². The van der Waals surface area contributed by atoms with E-state index in [1.807, 2.05) is 36.4 Å². The number of unbranched alkanes of at least 4 members (excludes halogenated alkanes) is 1. The highest BCUT2D eigenvalue weighted by atomic mass is 32.1. The third-order valence-electron chi connectivity index (χ3n) is 10.00. The molecule has 3 heterocycles. The van der Waals surface area contributed by atoms with Crippen LogP contribution in [0.2, 0.25) is 0 Å². The number of fused-ring (bicyclic) bond motifs is 3. The van der Waals surface area contributed by atoms with Gasteiger partial charge in [0, 0.05) is 43.0 Å². The van der Waals surface area contributed by atoms with Crippen LogP contribution in [0.1, 0.15) is 69.2 Å². The number of thiazole rings is 1. The molecular weight excluding hydrogens is 839 g/mol. The summed E-state index contributed by atoms with van der Waals surface area (Å²) in [6.45, 7) is 6.28. The third-order valence-corrected chi connectivity index (χ3v) is 10.9. The number of anilines is 2. The quantitative estimate of drug-likeness (QED) is 0.0418. The fourth-order valence-corrected chi connectivity index (χ4v) is 7.47. The van der Waals surface area contributed by atoms with Gasteiger partial charge in [0.1, 0.15) is 0 Å². The molecule has 0 aliphatic carbocycles. The van der Waals surface area contributed by atoms with Crippen molar-refractivity contribution in [3.63, 3.8) is 0 Å². The third kappa shape index (κ3) is 12.3. The molecule has 4 aromatic carbocycles. The van der Waals surface area contributed by atoms with E-state index in [0.717, 1.165) is 33.9 Å². The molecule has 0 aliphatic rings. The number of aromatic nitrogens is 5. The fraction of sp³-hybridized carbons (Fsp3) is 0.326. The molecule has 6 N–H and O–H groups in total. The Kier molecular flexibility index (Phi) is 16.0. The average molecular weight is 890 g/mol. The Bertz CT molecular complexity index is 2690. The highest BCUT2D eigenvalue weighted by Gasteiger charge is 2.18. The van der Waals surface area contributed by atoms with Gasteiger partial charge in [-0.1, -0.05) is 67.1 Å². The zero-order valence-corrected chi connectivity index (χ0v) is 36.3. The van der Waals surface area contributed by atoms with Gasteiger partial charge in [0.25, 0.3) is 23.7 Å². The summed E-state index contributed by atoms with van der Waals surface area (Å²) in [7, 11) is 0. The van der Waals surface area contributed by atoms with Crippen LogP contribution in [0.3, 0.4) is 0 Å². The Morgan fingerprint density at radius 2 is 1.33 bits per heavy atom. The molecule has 64 heavy (non-hydrogen) atoms. The summed E-state index contributed by atoms with van der Waals surface area (Å²) in [6, 6.07) is 25.6. The molecule has 0 saturated heterocycles. The summed E-state index contributed by atoms with van der Waals surface area (Å²) < 4.78 is 24.8. The number of hydrogen-bond acceptors (Lipinski definition) is 14. The first kappa shape index (κ1) is 45.3. The molecule has 0 spiro atoms. The topological polar surface area (TPSA) is 227 Å². The second kappa shape index (κ2) is 22.6. The van der Waals surface area contributed by atoms with Crippen LogP contribution in [-0.4, -0.2) is 107 Å². The van der Waals surface area contributed by atoms with E-state index in [1.165, 1.54) is 15.9 Å². The van der Waals surface area contributed by atoms with E-state index in [4.69, 9.17) is 24.7 Å². The van der Waals surface area contributed by atoms with E-state index in [-0.39, 0.29) is 47.6 Å². The molecule has 17 nitrogen and oxygen atoms in total. The van der Waals surface area contributed by atoms with Crippen LogP contribution in [0.5, 0.6) is 12.0 Å². The minimum Gasteiger partial charge on any atom is -0.480 e. The summed E-state index contributed by atoms with van der Waals surface area (Å²) in [5.41, 5.74) is 9.78. The number of carbonyl (C=O) groups is 3. The van der Waals surface area contributed by atoms with Gasteiger partial charge in [-0.15, -0.1) is 0 Å². The van der Waals surface area contributed by atoms with Crippen molar-refractivity contribution in [3.05, 3.63) is 107 Å². The Morgan fingerprint density at radius 1 is 0.688 bits per heavy atom. The summed E-state index contributed by atoms with van der Waals surface area (Å²) >= 11 is 1.32. The maximum Gasteiger partial charge on any atom is 0.320 e. The van der Waals surface area contributed by atoms with Gasteiger partial charge >= 0.3 is 6.01 Å². The number of nitrogen functional groups attached to an aromatic ring is 1. The number of rotatable bonds is 24. The van der Waals surface area contributed by atoms with Gasteiger partial charge in [0.05, 0.1) is 49.8 Å². The molecular formula is C46H51N9O8S. The predicted molar refractivity (Wildman–Crippen MR) is 245 cm³/mol. The molecule has 0 atom stereocenters. The van der Waals surface area contributed by atoms with Crippen molar-refractivity contribution in [1.29, 1.82) is 0 Å². The fourth-order valence-electron chi connectivity index (χ4n) is 6.57. The molecule has 0 saturated carbocycles. The van der Waals surface area contributed by atoms with Crippen LogP contribution >= 0.6 is 11.3 Å². The Morgan fingerprint density at radius 3 is 2.05 bits per heavy atom. The van der Waals surface area contributed by atoms with Gasteiger partial charge in [-0.2, -0.15) is 15.0 Å². The molecule has 18 heteroatoms. The lowest BCUT2D eigenvalue weighted by Crippen LogP contribution is -2.25. The second-order valence-electron chi connectivity index (χ2n) is 14.7. The number of imidazole rings is 1. The number of amides is 3. The summed E-state index contributed by atoms with van der Waals surface area (Å²) in [6.07, 6.45) is 3.09. The number of nitrogens with one attached hydrogen (secondary N) is 3. The Labute approximate surface area is 373 Å². The van der Waals surface area contributed by atoms with Crippen LogP contribution < -0.4 is 26.4 Å². The van der Waals surface area contributed by atoms with Crippen LogP contribution in [0.15, 0.2) is 84.9 Å². The molecule has 0 radical (unpaired) electrons. The minimum absolute atomic E-state index is 0.120. The van der Waals surface area contributed by atoms with Gasteiger partial charge in [-0.3, -0.25) is 24.3 Å². The van der Waals surface area contributed by atoms with Crippen LogP contribution in [0, 0.1) is 0 Å². The number of ether oxygens (including phenoxy) is 4. The lowest BCUT2D eigenvalue weighted by molar-refractivity contribution is 0.0139. The van der Waals surface area contributed by atoms with E-state index in [9.17, 15) is 19.5 Å². The molecule has 0 unspecified atom stereocenters. The van der Waals surface area contributed by atoms with Gasteiger partial charge < -0.3 is 40.4 Å². The van der Waals surface area contributed by atoms with Gasteiger partial charge in [0.2, 0.25) is 0 Å². The van der Waals surface area contributed by atoms with Crippen LogP contribution in [0.4, 0.5) is 10.9 Å². The number of carbonyl (C=O) groups excluding carboxylic acids is 3. The van der Waals surface area contributed by atoms with Crippen molar-refractivity contribution in [2.45, 2.75) is 39.2 Å². The van der Waals surface area contributed by atoms with Crippen molar-refractivity contribution < 1.29 is 38.4 Å². The first-order valence-electron chi connectivity index (χ1n) is 21.2. The smallest absolute Gasteiger partial charge is 0.320 e. The maximum absolute atomic E-state index is 12.9. The zero-order chi connectivity index (χ0) is 44.7. The predicted octanol–water partition coefficient (Wildman–Crippen LogP) is 6.35. The largest absolute Gasteiger partial charge is 0.480 e. The lowest BCUT2D eigenvalue weighted by atomic mass is 10.1. The Hall–Kier alpha value is -6.73. The highest BCUT2D eigenvalue weighted by Crippen LogP contribution is 2.28. The van der Waals surface area contributed by atoms with Crippen LogP contribution in [-0.2, 0) is 20.8 Å². The number of aromatic hydroxyl groups is 1. The number of nitrogens with zero attached hydrogens (tertiary/aromatic N) is 5. The summed E-state index contributed by atoms with van der Waals surface area (Å²) in [5, 5.41) is 21.7. The maximum atomic E-state index is 12.9. The molecule has 0 fully saturated rings. The molecule has 334 valence electrons. The van der Waals surface area contributed by atoms with E-state index in [0.29, 0.717) is 105 Å². The van der Waals surface area contributed by atoms with Gasteiger partial charge in [-0.05, 0) is 78.1 Å². The standard InChI is InChI=1S/C46H51N9O8S/c1-2-3-22-63-44-52-39(47)38-40(53-44)55(46(59)51-38)29-30-10-12-32(13-11-30)41(56)48-18-6-20-60-23-25-62-26-24-61-21-7-19-49-42(57)35-16-17-36-37(28-35)64-45(50-36)54-43(58)34-15-14-31-8-4-5-9-33(31)27-34/h4-5,8-17,27-28H,2-3,6-7,18-26,29H2,1H3,(H,48,56)(H,49,57)(H,51,59)(H2,47,52,53)(H,50,54,58). The molecule has 0 bridgehead atoms. The molecule has 3 aromatic heterocycles. The van der Waals surface area contributed by atoms with E-state index >= 15 is 0 Å². The van der Waals surface area contributed by atoms with E-state index in [2.05, 4.69) is 42.8 Å². The second-order valence-corrected chi connectivity index (χ2v) is 15.8. The average Bonchev–Trinajstić information content (AvgIpc) is 3.86. The van der Waals surface area contributed by atoms with Gasteiger partial charge in [-0.25, -0.2) is 4.98 Å². The highest BCUT2D eigenvalue weighted by molar-refractivity contribution is 7.22. The first-order chi connectivity index (χ1) is 31.2. The van der Waals surface area contributed by atoms with Crippen molar-refractivity contribution in [2.75, 3.05) is 70.4 Å². The molecule has 7 aromatic rings. The summed E-state index contributed by atoms with van der Waals surface area (Å²) in [5.74, 6) is -0.518. The number of nitrogens with two attached hydrogens (primary N) is 1. The lowest BCUT2D eigenvalue weighted by Gasteiger charge is -2.09. The van der Waals surface area contributed by atoms with E-state index in [1.54, 1.807) is 48.5 Å². The van der Waals surface area contributed by atoms with Crippen LogP contribution in [0.25, 0.3) is 32.2 Å². The SMILES string of the molecule is CCCCOc1nc(N)c2nc(O)n(Cc3ccc(C(=O)NCCCOCCOCCOCCCNC(=O)c4ccc5nc(NC(=O)c6ccc7ccccc7c6)sc5c4)cc3)c2n1. The molecule has 3 amide bonds. The number of benzene rings is 4. The zero-order valence-electron chi connectivity index (χ0n) is 35.5. The molecule has 7 rings (SSSR count). The monoisotopic (exact) mass is 889 g/mol. The number of hydrogen-bond donors (Lipinski definition) is 5. The van der Waals surface area contributed by atoms with Crippen molar-refractivity contribution >= 4 is 72.2 Å².